The predicted molar refractivity (Wildman–Crippen MR) is 76.4 cm³/mol. The van der Waals surface area contributed by atoms with E-state index in [1.54, 1.807) is 25.1 Å². The summed E-state index contributed by atoms with van der Waals surface area (Å²) in [5.41, 5.74) is -0.376. The van der Waals surface area contributed by atoms with Crippen molar-refractivity contribution in [2.45, 2.75) is 38.1 Å². The van der Waals surface area contributed by atoms with E-state index in [1.807, 2.05) is 0 Å². The molecule has 0 fully saturated rings. The molecule has 2 atom stereocenters. The number of imidazole rings is 1. The van der Waals surface area contributed by atoms with E-state index >= 15 is 0 Å². The van der Waals surface area contributed by atoms with Gasteiger partial charge in [-0.2, -0.15) is 18.4 Å². The first kappa shape index (κ1) is 15.6. The van der Waals surface area contributed by atoms with Gasteiger partial charge in [0.1, 0.15) is 0 Å². The first-order chi connectivity index (χ1) is 10.7. The normalized spacial score (nSPS) is 19.4. The average molecular weight is 321 g/mol. The molecule has 1 N–H and O–H groups in total. The minimum atomic E-state index is -4.82. The predicted octanol–water partition coefficient (Wildman–Crippen LogP) is 3.31. The van der Waals surface area contributed by atoms with Gasteiger partial charge in [0, 0.05) is 11.6 Å². The quantitative estimate of drug-likeness (QED) is 0.876. The number of aromatic nitrogens is 2. The van der Waals surface area contributed by atoms with Crippen molar-refractivity contribution in [1.29, 1.82) is 5.26 Å². The monoisotopic (exact) mass is 321 g/mol. The molecule has 0 aliphatic carbocycles. The van der Waals surface area contributed by atoms with Gasteiger partial charge in [-0.15, -0.1) is 0 Å². The SMILES string of the molecule is C[C@@H]1Cc2cc(C#N)ccc2-c2cnc(C(C)(O)C(F)(F)F)n21. The van der Waals surface area contributed by atoms with Gasteiger partial charge in [-0.25, -0.2) is 4.98 Å². The van der Waals surface area contributed by atoms with Gasteiger partial charge in [0.05, 0.1) is 23.5 Å². The van der Waals surface area contributed by atoms with Crippen molar-refractivity contribution in [3.8, 4) is 17.3 Å². The Hall–Kier alpha value is -2.33. The summed E-state index contributed by atoms with van der Waals surface area (Å²) in [6, 6.07) is 6.81. The van der Waals surface area contributed by atoms with Gasteiger partial charge in [0.25, 0.3) is 0 Å². The van der Waals surface area contributed by atoms with Gasteiger partial charge in [-0.3, -0.25) is 0 Å². The fourth-order valence-corrected chi connectivity index (χ4v) is 2.98. The summed E-state index contributed by atoms with van der Waals surface area (Å²) in [6.07, 6.45) is -3.01. The lowest BCUT2D eigenvalue weighted by atomic mass is 9.92. The highest BCUT2D eigenvalue weighted by molar-refractivity contribution is 5.67. The Morgan fingerprint density at radius 2 is 2.09 bits per heavy atom. The van der Waals surface area contributed by atoms with Crippen LogP contribution in [0.5, 0.6) is 0 Å². The molecule has 1 aliphatic rings. The van der Waals surface area contributed by atoms with Crippen LogP contribution >= 0.6 is 0 Å². The molecule has 0 saturated carbocycles. The maximum Gasteiger partial charge on any atom is 0.424 e. The van der Waals surface area contributed by atoms with E-state index in [0.717, 1.165) is 11.1 Å². The minimum Gasteiger partial charge on any atom is -0.374 e. The molecular formula is C16H14F3N3O. The number of rotatable bonds is 1. The fraction of sp³-hybridized carbons (Fsp3) is 0.375. The second kappa shape index (κ2) is 4.83. The van der Waals surface area contributed by atoms with Crippen LogP contribution in [0.2, 0.25) is 0 Å². The van der Waals surface area contributed by atoms with Crippen LogP contribution in [0.15, 0.2) is 24.4 Å². The molecule has 2 aromatic rings. The van der Waals surface area contributed by atoms with Crippen molar-refractivity contribution in [1.82, 2.24) is 9.55 Å². The van der Waals surface area contributed by atoms with Gasteiger partial charge in [0.15, 0.2) is 5.82 Å². The Kier molecular flexibility index (Phi) is 3.27. The number of hydrogen-bond acceptors (Lipinski definition) is 3. The van der Waals surface area contributed by atoms with Gasteiger partial charge in [-0.1, -0.05) is 6.07 Å². The maximum atomic E-state index is 13.1. The molecule has 0 saturated heterocycles. The van der Waals surface area contributed by atoms with Crippen LogP contribution in [0, 0.1) is 11.3 Å². The number of halogens is 3. The number of benzene rings is 1. The number of nitriles is 1. The summed E-state index contributed by atoms with van der Waals surface area (Å²) >= 11 is 0. The number of nitrogens with zero attached hydrogens (tertiary/aromatic N) is 3. The van der Waals surface area contributed by atoms with Crippen molar-refractivity contribution >= 4 is 0 Å². The van der Waals surface area contributed by atoms with Crippen LogP contribution in [0.4, 0.5) is 13.2 Å². The zero-order chi connectivity index (χ0) is 17.0. The van der Waals surface area contributed by atoms with Crippen molar-refractivity contribution < 1.29 is 18.3 Å². The smallest absolute Gasteiger partial charge is 0.374 e. The molecule has 0 spiro atoms. The lowest BCUT2D eigenvalue weighted by Gasteiger charge is -2.32. The largest absolute Gasteiger partial charge is 0.424 e. The molecule has 1 aromatic heterocycles. The van der Waals surface area contributed by atoms with E-state index in [2.05, 4.69) is 11.1 Å². The van der Waals surface area contributed by atoms with Crippen molar-refractivity contribution in [3.05, 3.63) is 41.3 Å². The molecule has 23 heavy (non-hydrogen) atoms. The Balaban J connectivity index is 2.20. The molecule has 1 unspecified atom stereocenters. The lowest BCUT2D eigenvalue weighted by Crippen LogP contribution is -2.42. The molecule has 1 aromatic carbocycles. The van der Waals surface area contributed by atoms with E-state index in [4.69, 9.17) is 5.26 Å². The van der Waals surface area contributed by atoms with E-state index in [0.29, 0.717) is 24.6 Å². The van der Waals surface area contributed by atoms with E-state index < -0.39 is 17.6 Å². The first-order valence-electron chi connectivity index (χ1n) is 7.07. The minimum absolute atomic E-state index is 0.308. The molecule has 0 bridgehead atoms. The lowest BCUT2D eigenvalue weighted by molar-refractivity contribution is -0.262. The van der Waals surface area contributed by atoms with Crippen molar-refractivity contribution in [2.75, 3.05) is 0 Å². The van der Waals surface area contributed by atoms with E-state index in [-0.39, 0.29) is 6.04 Å². The first-order valence-corrected chi connectivity index (χ1v) is 7.07. The standard InChI is InChI=1S/C16H14F3N3O/c1-9-5-11-6-10(7-20)3-4-12(11)13-8-21-14(22(9)13)15(2,23)16(17,18)19/h3-4,6,8-9,23H,5H2,1-2H3/t9-,15?/m1/s1. The van der Waals surface area contributed by atoms with Crippen molar-refractivity contribution in [3.63, 3.8) is 0 Å². The highest BCUT2D eigenvalue weighted by atomic mass is 19.4. The molecule has 4 nitrogen and oxygen atoms in total. The molecule has 3 rings (SSSR count). The summed E-state index contributed by atoms with van der Waals surface area (Å²) in [6.45, 7) is 2.48. The Labute approximate surface area is 130 Å². The molecule has 7 heteroatoms. The van der Waals surface area contributed by atoms with Gasteiger partial charge in [0.2, 0.25) is 5.60 Å². The van der Waals surface area contributed by atoms with Crippen LogP contribution < -0.4 is 0 Å². The number of aliphatic hydroxyl groups is 1. The maximum absolute atomic E-state index is 13.1. The van der Waals surface area contributed by atoms with Gasteiger partial charge < -0.3 is 9.67 Å². The van der Waals surface area contributed by atoms with Gasteiger partial charge >= 0.3 is 6.18 Å². The summed E-state index contributed by atoms with van der Waals surface area (Å²) in [5.74, 6) is -0.414. The highest BCUT2D eigenvalue weighted by Gasteiger charge is 2.54. The number of alkyl halides is 3. The zero-order valence-corrected chi connectivity index (χ0v) is 12.5. The van der Waals surface area contributed by atoms with Crippen LogP contribution in [0.3, 0.4) is 0 Å². The Bertz CT molecular complexity index is 815. The van der Waals surface area contributed by atoms with Crippen LogP contribution in [-0.4, -0.2) is 20.8 Å². The number of hydrogen-bond donors (Lipinski definition) is 1. The third-order valence-corrected chi connectivity index (χ3v) is 4.25. The second-order valence-electron chi connectivity index (χ2n) is 5.94. The van der Waals surface area contributed by atoms with Gasteiger partial charge in [-0.05, 0) is 38.0 Å². The Morgan fingerprint density at radius 3 is 2.70 bits per heavy atom. The second-order valence-corrected chi connectivity index (χ2v) is 5.94. The van der Waals surface area contributed by atoms with Crippen molar-refractivity contribution in [2.24, 2.45) is 0 Å². The average Bonchev–Trinajstić information content (AvgIpc) is 2.91. The van der Waals surface area contributed by atoms with E-state index in [9.17, 15) is 18.3 Å². The molecular weight excluding hydrogens is 307 g/mol. The summed E-state index contributed by atoms with van der Waals surface area (Å²) in [5, 5.41) is 18.9. The molecule has 2 heterocycles. The van der Waals surface area contributed by atoms with Crippen LogP contribution in [-0.2, 0) is 12.0 Å². The third-order valence-electron chi connectivity index (χ3n) is 4.25. The summed E-state index contributed by atoms with van der Waals surface area (Å²) < 4.78 is 40.9. The van der Waals surface area contributed by atoms with Crippen LogP contribution in [0.1, 0.15) is 36.8 Å². The van der Waals surface area contributed by atoms with E-state index in [1.165, 1.54) is 10.8 Å². The number of fused-ring (bicyclic) bond motifs is 3. The molecule has 1 aliphatic heterocycles. The molecule has 120 valence electrons. The zero-order valence-electron chi connectivity index (χ0n) is 12.5. The molecule has 0 radical (unpaired) electrons. The third kappa shape index (κ3) is 2.21. The summed E-state index contributed by atoms with van der Waals surface area (Å²) in [4.78, 5) is 3.86. The molecule has 0 amide bonds. The topological polar surface area (TPSA) is 61.8 Å². The Morgan fingerprint density at radius 1 is 1.39 bits per heavy atom. The van der Waals surface area contributed by atoms with Crippen LogP contribution in [0.25, 0.3) is 11.3 Å². The fourth-order valence-electron chi connectivity index (χ4n) is 2.98. The highest BCUT2D eigenvalue weighted by Crippen LogP contribution is 2.43. The summed E-state index contributed by atoms with van der Waals surface area (Å²) in [7, 11) is 0.